The van der Waals surface area contributed by atoms with Gasteiger partial charge in [-0.2, -0.15) is 0 Å². The van der Waals surface area contributed by atoms with Crippen LogP contribution in [-0.4, -0.2) is 47.3 Å². The van der Waals surface area contributed by atoms with E-state index in [-0.39, 0.29) is 35.1 Å². The van der Waals surface area contributed by atoms with Crippen LogP contribution in [0.5, 0.6) is 0 Å². The molecular weight excluding hydrogens is 408 g/mol. The van der Waals surface area contributed by atoms with Gasteiger partial charge in [0.25, 0.3) is 5.91 Å². The Kier molecular flexibility index (Phi) is 7.54. The van der Waals surface area contributed by atoms with Crippen LogP contribution < -0.4 is 10.0 Å². The SMILES string of the molecule is CCS(=O)(=O)CCNC(=O)c1ccc(S(=O)(=O)NCCc2cccs2)cc1. The van der Waals surface area contributed by atoms with Crippen molar-refractivity contribution in [2.45, 2.75) is 18.2 Å². The lowest BCUT2D eigenvalue weighted by Crippen LogP contribution is -2.29. The summed E-state index contributed by atoms with van der Waals surface area (Å²) in [6, 6.07) is 9.36. The largest absolute Gasteiger partial charge is 0.351 e. The summed E-state index contributed by atoms with van der Waals surface area (Å²) < 4.78 is 49.9. The van der Waals surface area contributed by atoms with E-state index in [0.717, 1.165) is 4.88 Å². The zero-order chi connectivity index (χ0) is 19.9. The van der Waals surface area contributed by atoms with Gasteiger partial charge in [-0.1, -0.05) is 13.0 Å². The predicted octanol–water partition coefficient (Wildman–Crippen LogP) is 1.43. The van der Waals surface area contributed by atoms with E-state index in [1.165, 1.54) is 24.3 Å². The Morgan fingerprint density at radius 2 is 1.74 bits per heavy atom. The van der Waals surface area contributed by atoms with Crippen LogP contribution in [0.4, 0.5) is 0 Å². The first-order chi connectivity index (χ1) is 12.7. The quantitative estimate of drug-likeness (QED) is 0.593. The highest BCUT2D eigenvalue weighted by molar-refractivity contribution is 7.91. The number of sulfone groups is 1. The summed E-state index contributed by atoms with van der Waals surface area (Å²) in [6.07, 6.45) is 0.609. The molecule has 0 atom stereocenters. The standard InChI is InChI=1S/C17H22N2O5S3/c1-2-26(21,22)13-11-18-17(20)14-5-7-16(8-6-14)27(23,24)19-10-9-15-4-3-12-25-15/h3-8,12,19H,2,9-11,13H2,1H3,(H,18,20). The Labute approximate surface area is 163 Å². The fraction of sp³-hybridized carbons (Fsp3) is 0.353. The number of benzene rings is 1. The zero-order valence-corrected chi connectivity index (χ0v) is 17.3. The van der Waals surface area contributed by atoms with Crippen molar-refractivity contribution in [3.63, 3.8) is 0 Å². The van der Waals surface area contributed by atoms with Crippen LogP contribution in [0.25, 0.3) is 0 Å². The average molecular weight is 431 g/mol. The van der Waals surface area contributed by atoms with Crippen LogP contribution >= 0.6 is 11.3 Å². The van der Waals surface area contributed by atoms with Crippen LogP contribution in [0.2, 0.25) is 0 Å². The normalized spacial score (nSPS) is 12.0. The molecule has 1 amide bonds. The van der Waals surface area contributed by atoms with Crippen molar-refractivity contribution >= 4 is 37.1 Å². The topological polar surface area (TPSA) is 109 Å². The maximum absolute atomic E-state index is 12.3. The summed E-state index contributed by atoms with van der Waals surface area (Å²) in [5, 5.41) is 4.45. The molecule has 0 saturated heterocycles. The molecule has 0 spiro atoms. The van der Waals surface area contributed by atoms with Crippen LogP contribution in [0.1, 0.15) is 22.2 Å². The maximum Gasteiger partial charge on any atom is 0.251 e. The first kappa shape index (κ1) is 21.5. The van der Waals surface area contributed by atoms with Gasteiger partial charge in [0.05, 0.1) is 10.6 Å². The number of carbonyl (C=O) groups excluding carboxylic acids is 1. The van der Waals surface area contributed by atoms with Gasteiger partial charge in [-0.15, -0.1) is 11.3 Å². The second-order valence-corrected chi connectivity index (χ2v) is 11.0. The molecule has 1 heterocycles. The van der Waals surface area contributed by atoms with Crippen molar-refractivity contribution in [2.24, 2.45) is 0 Å². The van der Waals surface area contributed by atoms with E-state index in [2.05, 4.69) is 10.0 Å². The molecule has 2 N–H and O–H groups in total. The van der Waals surface area contributed by atoms with Crippen molar-refractivity contribution in [1.29, 1.82) is 0 Å². The second kappa shape index (κ2) is 9.45. The molecule has 1 aromatic carbocycles. The minimum atomic E-state index is -3.65. The molecule has 148 valence electrons. The average Bonchev–Trinajstić information content (AvgIpc) is 3.15. The monoisotopic (exact) mass is 430 g/mol. The molecule has 0 aliphatic carbocycles. The molecule has 10 heteroatoms. The molecule has 0 radical (unpaired) electrons. The molecule has 2 aromatic rings. The molecule has 0 bridgehead atoms. The van der Waals surface area contributed by atoms with Gasteiger partial charge in [0, 0.05) is 29.3 Å². The van der Waals surface area contributed by atoms with Crippen molar-refractivity contribution in [3.05, 3.63) is 52.2 Å². The predicted molar refractivity (Wildman–Crippen MR) is 106 cm³/mol. The number of carbonyl (C=O) groups is 1. The first-order valence-electron chi connectivity index (χ1n) is 8.34. The minimum absolute atomic E-state index is 0.0132. The van der Waals surface area contributed by atoms with Gasteiger partial charge in [-0.3, -0.25) is 4.79 Å². The smallest absolute Gasteiger partial charge is 0.251 e. The zero-order valence-electron chi connectivity index (χ0n) is 14.8. The van der Waals surface area contributed by atoms with Gasteiger partial charge in [0.2, 0.25) is 10.0 Å². The van der Waals surface area contributed by atoms with Crippen molar-refractivity contribution in [1.82, 2.24) is 10.0 Å². The summed E-state index contributed by atoms with van der Waals surface area (Å²) in [4.78, 5) is 13.2. The van der Waals surface area contributed by atoms with E-state index >= 15 is 0 Å². The third-order valence-electron chi connectivity index (χ3n) is 3.81. The Morgan fingerprint density at radius 3 is 2.33 bits per heavy atom. The minimum Gasteiger partial charge on any atom is -0.351 e. The molecule has 0 fully saturated rings. The van der Waals surface area contributed by atoms with Gasteiger partial charge in [0.15, 0.2) is 9.84 Å². The molecule has 27 heavy (non-hydrogen) atoms. The number of rotatable bonds is 10. The summed E-state index contributed by atoms with van der Waals surface area (Å²) in [5.41, 5.74) is 0.265. The van der Waals surface area contributed by atoms with E-state index in [0.29, 0.717) is 6.42 Å². The number of hydrogen-bond acceptors (Lipinski definition) is 6. The van der Waals surface area contributed by atoms with Crippen LogP contribution in [-0.2, 0) is 26.3 Å². The Hall–Kier alpha value is -1.75. The molecule has 0 unspecified atom stereocenters. The number of sulfonamides is 1. The van der Waals surface area contributed by atoms with Crippen LogP contribution in [0, 0.1) is 0 Å². The highest BCUT2D eigenvalue weighted by atomic mass is 32.2. The lowest BCUT2D eigenvalue weighted by Gasteiger charge is -2.08. The van der Waals surface area contributed by atoms with Gasteiger partial charge < -0.3 is 5.32 Å². The number of hydrogen-bond donors (Lipinski definition) is 2. The van der Waals surface area contributed by atoms with Crippen LogP contribution in [0.3, 0.4) is 0 Å². The van der Waals surface area contributed by atoms with E-state index < -0.39 is 25.8 Å². The lowest BCUT2D eigenvalue weighted by atomic mass is 10.2. The van der Waals surface area contributed by atoms with E-state index in [1.54, 1.807) is 18.3 Å². The number of amides is 1. The van der Waals surface area contributed by atoms with Crippen molar-refractivity contribution < 1.29 is 21.6 Å². The highest BCUT2D eigenvalue weighted by Gasteiger charge is 2.15. The van der Waals surface area contributed by atoms with Crippen molar-refractivity contribution in [2.75, 3.05) is 24.6 Å². The first-order valence-corrected chi connectivity index (χ1v) is 12.5. The summed E-state index contributed by atoms with van der Waals surface area (Å²) in [5.74, 6) is -0.555. The van der Waals surface area contributed by atoms with E-state index in [4.69, 9.17) is 0 Å². The third kappa shape index (κ3) is 6.73. The Balaban J connectivity index is 1.90. The van der Waals surface area contributed by atoms with Gasteiger partial charge >= 0.3 is 0 Å². The number of nitrogens with one attached hydrogen (secondary N) is 2. The fourth-order valence-corrected chi connectivity index (χ4v) is 4.64. The molecular formula is C17H22N2O5S3. The summed E-state index contributed by atoms with van der Waals surface area (Å²) in [6.45, 7) is 1.85. The maximum atomic E-state index is 12.3. The van der Waals surface area contributed by atoms with Crippen molar-refractivity contribution in [3.8, 4) is 0 Å². The molecule has 1 aromatic heterocycles. The highest BCUT2D eigenvalue weighted by Crippen LogP contribution is 2.12. The Morgan fingerprint density at radius 1 is 1.04 bits per heavy atom. The van der Waals surface area contributed by atoms with Gasteiger partial charge in [-0.25, -0.2) is 21.6 Å². The van der Waals surface area contributed by atoms with E-state index in [9.17, 15) is 21.6 Å². The fourth-order valence-electron chi connectivity index (χ4n) is 2.20. The molecule has 0 saturated carbocycles. The second-order valence-electron chi connectivity index (χ2n) is 5.74. The summed E-state index contributed by atoms with van der Waals surface area (Å²) >= 11 is 1.57. The summed E-state index contributed by atoms with van der Waals surface area (Å²) in [7, 11) is -6.80. The molecule has 7 nitrogen and oxygen atoms in total. The molecule has 2 rings (SSSR count). The molecule has 0 aliphatic heterocycles. The third-order valence-corrected chi connectivity index (χ3v) is 7.93. The molecule has 0 aliphatic rings. The Bertz CT molecular complexity index is 951. The van der Waals surface area contributed by atoms with Crippen LogP contribution in [0.15, 0.2) is 46.7 Å². The van der Waals surface area contributed by atoms with Gasteiger partial charge in [0.1, 0.15) is 0 Å². The van der Waals surface area contributed by atoms with E-state index in [1.807, 2.05) is 17.5 Å². The lowest BCUT2D eigenvalue weighted by molar-refractivity contribution is 0.0956. The number of thiophene rings is 1. The van der Waals surface area contributed by atoms with Gasteiger partial charge in [-0.05, 0) is 42.1 Å².